The number of amides is 1. The molecule has 2 aromatic rings. The molecule has 3 rings (SSSR count). The van der Waals surface area contributed by atoms with Gasteiger partial charge >= 0.3 is 0 Å². The number of carbonyl (C=O) groups excluding carboxylic acids is 1. The summed E-state index contributed by atoms with van der Waals surface area (Å²) in [6, 6.07) is 0.136. The third kappa shape index (κ3) is 2.93. The summed E-state index contributed by atoms with van der Waals surface area (Å²) < 4.78 is 1.78. The van der Waals surface area contributed by atoms with E-state index in [1.54, 1.807) is 23.3 Å². The Balaban J connectivity index is 1.69. The molecular formula is C15H20N6O. The largest absolute Gasteiger partial charge is 0.349 e. The lowest BCUT2D eigenvalue weighted by Gasteiger charge is -2.26. The second-order valence-electron chi connectivity index (χ2n) is 5.61. The van der Waals surface area contributed by atoms with Crippen molar-refractivity contribution >= 4 is 11.7 Å². The predicted molar refractivity (Wildman–Crippen MR) is 82.2 cm³/mol. The van der Waals surface area contributed by atoms with Gasteiger partial charge in [-0.1, -0.05) is 0 Å². The summed E-state index contributed by atoms with van der Waals surface area (Å²) in [6.45, 7) is 1.10. The summed E-state index contributed by atoms with van der Waals surface area (Å²) in [4.78, 5) is 24.7. The maximum atomic E-state index is 12.6. The minimum absolute atomic E-state index is 0.111. The van der Waals surface area contributed by atoms with E-state index >= 15 is 0 Å². The van der Waals surface area contributed by atoms with Crippen LogP contribution in [0.2, 0.25) is 0 Å². The first-order chi connectivity index (χ1) is 10.6. The van der Waals surface area contributed by atoms with Crippen molar-refractivity contribution in [1.82, 2.24) is 24.6 Å². The Kier molecular flexibility index (Phi) is 4.04. The molecule has 1 unspecified atom stereocenters. The van der Waals surface area contributed by atoms with Crippen LogP contribution in [0.15, 0.2) is 31.0 Å². The van der Waals surface area contributed by atoms with Crippen LogP contribution < -0.4 is 4.90 Å². The predicted octanol–water partition coefficient (Wildman–Crippen LogP) is 1.01. The van der Waals surface area contributed by atoms with Crippen LogP contribution in [0.5, 0.6) is 0 Å². The van der Waals surface area contributed by atoms with Gasteiger partial charge in [0.05, 0.1) is 25.0 Å². The van der Waals surface area contributed by atoms with E-state index in [0.717, 1.165) is 24.9 Å². The van der Waals surface area contributed by atoms with Crippen LogP contribution >= 0.6 is 0 Å². The first-order valence-corrected chi connectivity index (χ1v) is 7.40. The van der Waals surface area contributed by atoms with Crippen molar-refractivity contribution in [3.05, 3.63) is 36.5 Å². The summed E-state index contributed by atoms with van der Waals surface area (Å²) in [5.74, 6) is 0.812. The molecule has 116 valence electrons. The molecule has 7 nitrogen and oxygen atoms in total. The third-order valence-corrected chi connectivity index (χ3v) is 4.00. The fourth-order valence-electron chi connectivity index (χ4n) is 2.89. The number of hydrogen-bond donors (Lipinski definition) is 0. The minimum Gasteiger partial charge on any atom is -0.349 e. The Morgan fingerprint density at radius 1 is 1.41 bits per heavy atom. The molecule has 0 bridgehead atoms. The molecule has 1 aliphatic rings. The highest BCUT2D eigenvalue weighted by molar-refractivity contribution is 5.81. The number of likely N-dealkylation sites (N-methyl/N-ethyl adjacent to an activating group) is 1. The van der Waals surface area contributed by atoms with Crippen LogP contribution in [0, 0.1) is 0 Å². The SMILES string of the molecule is CN(CC(=O)N1CCCC1c1cnn(C)c1)c1cnccn1. The average molecular weight is 300 g/mol. The Morgan fingerprint density at radius 3 is 2.95 bits per heavy atom. The van der Waals surface area contributed by atoms with Crippen molar-refractivity contribution in [1.29, 1.82) is 0 Å². The van der Waals surface area contributed by atoms with Gasteiger partial charge in [-0.25, -0.2) is 4.98 Å². The first kappa shape index (κ1) is 14.5. The van der Waals surface area contributed by atoms with E-state index in [9.17, 15) is 4.79 Å². The molecule has 1 fully saturated rings. The molecule has 0 N–H and O–H groups in total. The van der Waals surface area contributed by atoms with Gasteiger partial charge in [-0.2, -0.15) is 5.10 Å². The van der Waals surface area contributed by atoms with Crippen LogP contribution in [-0.2, 0) is 11.8 Å². The van der Waals surface area contributed by atoms with Gasteiger partial charge in [-0.15, -0.1) is 0 Å². The normalized spacial score (nSPS) is 17.7. The quantitative estimate of drug-likeness (QED) is 0.843. The van der Waals surface area contributed by atoms with Gasteiger partial charge in [0, 0.05) is 44.8 Å². The second-order valence-corrected chi connectivity index (χ2v) is 5.61. The molecule has 1 atom stereocenters. The van der Waals surface area contributed by atoms with Crippen LogP contribution in [0.1, 0.15) is 24.4 Å². The van der Waals surface area contributed by atoms with Crippen molar-refractivity contribution in [2.45, 2.75) is 18.9 Å². The number of carbonyl (C=O) groups is 1. The summed E-state index contributed by atoms with van der Waals surface area (Å²) in [5.41, 5.74) is 1.11. The van der Waals surface area contributed by atoms with Gasteiger partial charge in [0.25, 0.3) is 0 Å². The van der Waals surface area contributed by atoms with E-state index in [2.05, 4.69) is 15.1 Å². The highest BCUT2D eigenvalue weighted by atomic mass is 16.2. The van der Waals surface area contributed by atoms with E-state index in [-0.39, 0.29) is 11.9 Å². The fourth-order valence-corrected chi connectivity index (χ4v) is 2.89. The number of likely N-dealkylation sites (tertiary alicyclic amines) is 1. The van der Waals surface area contributed by atoms with E-state index < -0.39 is 0 Å². The molecule has 3 heterocycles. The number of rotatable bonds is 4. The second kappa shape index (κ2) is 6.13. The van der Waals surface area contributed by atoms with Crippen LogP contribution in [0.4, 0.5) is 5.82 Å². The van der Waals surface area contributed by atoms with Crippen molar-refractivity contribution in [2.24, 2.45) is 7.05 Å². The first-order valence-electron chi connectivity index (χ1n) is 7.40. The summed E-state index contributed by atoms with van der Waals surface area (Å²) in [6.07, 6.45) is 10.8. The third-order valence-electron chi connectivity index (χ3n) is 4.00. The van der Waals surface area contributed by atoms with Gasteiger partial charge in [-0.05, 0) is 12.8 Å². The molecule has 1 amide bonds. The monoisotopic (exact) mass is 300 g/mol. The average Bonchev–Trinajstić information content (AvgIpc) is 3.16. The molecule has 2 aromatic heterocycles. The molecule has 0 saturated carbocycles. The van der Waals surface area contributed by atoms with Gasteiger partial charge in [0.2, 0.25) is 5.91 Å². The van der Waals surface area contributed by atoms with E-state index in [1.807, 2.05) is 36.3 Å². The fraction of sp³-hybridized carbons (Fsp3) is 0.467. The Morgan fingerprint density at radius 2 is 2.27 bits per heavy atom. The van der Waals surface area contributed by atoms with E-state index in [4.69, 9.17) is 0 Å². The standard InChI is InChI=1S/C15H20N6O/c1-19(14-9-16-5-6-17-14)11-15(22)21-7-3-4-13(21)12-8-18-20(2)10-12/h5-6,8-10,13H,3-4,7,11H2,1-2H3. The van der Waals surface area contributed by atoms with Crippen molar-refractivity contribution in [2.75, 3.05) is 25.0 Å². The number of anilines is 1. The summed E-state index contributed by atoms with van der Waals surface area (Å²) >= 11 is 0. The number of aryl methyl sites for hydroxylation is 1. The lowest BCUT2D eigenvalue weighted by Crippen LogP contribution is -2.38. The highest BCUT2D eigenvalue weighted by Gasteiger charge is 2.31. The number of aromatic nitrogens is 4. The van der Waals surface area contributed by atoms with Gasteiger partial charge in [-0.3, -0.25) is 14.5 Å². The molecule has 0 spiro atoms. The smallest absolute Gasteiger partial charge is 0.242 e. The molecule has 7 heteroatoms. The molecular weight excluding hydrogens is 280 g/mol. The summed E-state index contributed by atoms with van der Waals surface area (Å²) in [5, 5.41) is 4.21. The number of hydrogen-bond acceptors (Lipinski definition) is 5. The topological polar surface area (TPSA) is 67.2 Å². The van der Waals surface area contributed by atoms with E-state index in [0.29, 0.717) is 12.4 Å². The zero-order valence-corrected chi connectivity index (χ0v) is 12.9. The molecule has 1 aliphatic heterocycles. The van der Waals surface area contributed by atoms with Crippen molar-refractivity contribution < 1.29 is 4.79 Å². The van der Waals surface area contributed by atoms with Gasteiger partial charge < -0.3 is 9.80 Å². The maximum Gasteiger partial charge on any atom is 0.242 e. The molecule has 0 aliphatic carbocycles. The van der Waals surface area contributed by atoms with Crippen molar-refractivity contribution in [3.63, 3.8) is 0 Å². The molecule has 22 heavy (non-hydrogen) atoms. The van der Waals surface area contributed by atoms with E-state index in [1.165, 1.54) is 0 Å². The lowest BCUT2D eigenvalue weighted by molar-refractivity contribution is -0.130. The zero-order chi connectivity index (χ0) is 15.5. The Hall–Kier alpha value is -2.44. The summed E-state index contributed by atoms with van der Waals surface area (Å²) in [7, 11) is 3.75. The van der Waals surface area contributed by atoms with Crippen molar-refractivity contribution in [3.8, 4) is 0 Å². The maximum absolute atomic E-state index is 12.6. The molecule has 1 saturated heterocycles. The highest BCUT2D eigenvalue weighted by Crippen LogP contribution is 2.31. The Bertz CT molecular complexity index is 640. The van der Waals surface area contributed by atoms with Gasteiger partial charge in [0.1, 0.15) is 5.82 Å². The zero-order valence-electron chi connectivity index (χ0n) is 12.9. The van der Waals surface area contributed by atoms with Crippen LogP contribution in [0.25, 0.3) is 0 Å². The molecule has 0 aromatic carbocycles. The Labute approximate surface area is 129 Å². The molecule has 0 radical (unpaired) electrons. The van der Waals surface area contributed by atoms with Crippen LogP contribution in [0.3, 0.4) is 0 Å². The number of nitrogens with zero attached hydrogens (tertiary/aromatic N) is 6. The lowest BCUT2D eigenvalue weighted by atomic mass is 10.1. The van der Waals surface area contributed by atoms with Gasteiger partial charge in [0.15, 0.2) is 0 Å². The van der Waals surface area contributed by atoms with Crippen LogP contribution in [-0.4, -0.2) is 50.7 Å². The minimum atomic E-state index is 0.111.